The van der Waals surface area contributed by atoms with Crippen molar-refractivity contribution in [3.05, 3.63) is 29.3 Å². The van der Waals surface area contributed by atoms with Crippen LogP contribution in [0.2, 0.25) is 5.02 Å². The lowest BCUT2D eigenvalue weighted by atomic mass is 9.79. The zero-order valence-electron chi connectivity index (χ0n) is 12.9. The molecule has 22 heavy (non-hydrogen) atoms. The van der Waals surface area contributed by atoms with E-state index in [0.29, 0.717) is 17.3 Å². The first kappa shape index (κ1) is 15.8. The van der Waals surface area contributed by atoms with Gasteiger partial charge >= 0.3 is 0 Å². The Morgan fingerprint density at radius 2 is 2.05 bits per heavy atom. The Balaban J connectivity index is 1.65. The zero-order chi connectivity index (χ0) is 15.4. The predicted molar refractivity (Wildman–Crippen MR) is 90.3 cm³/mol. The third-order valence-corrected chi connectivity index (χ3v) is 5.28. The summed E-state index contributed by atoms with van der Waals surface area (Å²) in [7, 11) is 0. The average molecular weight is 322 g/mol. The smallest absolute Gasteiger partial charge is 0.238 e. The number of rotatable bonds is 3. The van der Waals surface area contributed by atoms with Crippen molar-refractivity contribution >= 4 is 23.2 Å². The van der Waals surface area contributed by atoms with Gasteiger partial charge in [-0.1, -0.05) is 43.0 Å². The second kappa shape index (κ2) is 6.99. The van der Waals surface area contributed by atoms with E-state index in [0.717, 1.165) is 19.6 Å². The highest BCUT2D eigenvalue weighted by Gasteiger charge is 2.40. The van der Waals surface area contributed by atoms with Crippen LogP contribution in [0.3, 0.4) is 0 Å². The lowest BCUT2D eigenvalue weighted by Crippen LogP contribution is -2.63. The number of benzene rings is 1. The fourth-order valence-corrected chi connectivity index (χ4v) is 3.94. The lowest BCUT2D eigenvalue weighted by Gasteiger charge is -2.49. The topological polar surface area (TPSA) is 44.4 Å². The van der Waals surface area contributed by atoms with Crippen LogP contribution in [-0.4, -0.2) is 42.5 Å². The molecular weight excluding hydrogens is 298 g/mol. The van der Waals surface area contributed by atoms with Gasteiger partial charge in [0.05, 0.1) is 17.3 Å². The maximum atomic E-state index is 12.4. The number of halogens is 1. The first-order chi connectivity index (χ1) is 10.7. The van der Waals surface area contributed by atoms with E-state index < -0.39 is 0 Å². The van der Waals surface area contributed by atoms with Gasteiger partial charge in [-0.25, -0.2) is 0 Å². The number of anilines is 1. The van der Waals surface area contributed by atoms with Crippen molar-refractivity contribution in [2.45, 2.75) is 37.6 Å². The summed E-state index contributed by atoms with van der Waals surface area (Å²) in [6.45, 7) is 3.36. The van der Waals surface area contributed by atoms with Gasteiger partial charge in [0, 0.05) is 25.2 Å². The number of hydrogen-bond acceptors (Lipinski definition) is 3. The normalized spacial score (nSPS) is 21.7. The molecule has 1 heterocycles. The number of carbonyl (C=O) groups is 1. The maximum Gasteiger partial charge on any atom is 0.238 e. The SMILES string of the molecule is O=C(CN1CCNCC12CCCCC2)Nc1ccccc1Cl. The number of nitrogens with zero attached hydrogens (tertiary/aromatic N) is 1. The van der Waals surface area contributed by atoms with E-state index in [1.807, 2.05) is 18.2 Å². The second-order valence-electron chi connectivity index (χ2n) is 6.41. The molecule has 0 aromatic heterocycles. The number of carbonyl (C=O) groups excluding carboxylic acids is 1. The van der Waals surface area contributed by atoms with Gasteiger partial charge in [-0.2, -0.15) is 0 Å². The molecule has 0 unspecified atom stereocenters. The number of nitrogens with one attached hydrogen (secondary N) is 2. The van der Waals surface area contributed by atoms with Crippen molar-refractivity contribution < 1.29 is 4.79 Å². The highest BCUT2D eigenvalue weighted by Crippen LogP contribution is 2.34. The number of piperazine rings is 1. The minimum absolute atomic E-state index is 0.0277. The van der Waals surface area contributed by atoms with E-state index in [-0.39, 0.29) is 11.4 Å². The summed E-state index contributed by atoms with van der Waals surface area (Å²) in [5, 5.41) is 7.05. The summed E-state index contributed by atoms with van der Waals surface area (Å²) < 4.78 is 0. The molecule has 1 saturated carbocycles. The van der Waals surface area contributed by atoms with Gasteiger partial charge < -0.3 is 10.6 Å². The molecular formula is C17H24ClN3O. The van der Waals surface area contributed by atoms with Crippen molar-refractivity contribution in [3.8, 4) is 0 Å². The molecule has 4 nitrogen and oxygen atoms in total. The third-order valence-electron chi connectivity index (χ3n) is 4.95. The van der Waals surface area contributed by atoms with Crippen LogP contribution in [0, 0.1) is 0 Å². The molecule has 1 saturated heterocycles. The fraction of sp³-hybridized carbons (Fsp3) is 0.588. The van der Waals surface area contributed by atoms with Crippen LogP contribution >= 0.6 is 11.6 Å². The van der Waals surface area contributed by atoms with Gasteiger partial charge in [0.2, 0.25) is 5.91 Å². The van der Waals surface area contributed by atoms with Crippen molar-refractivity contribution in [3.63, 3.8) is 0 Å². The Bertz CT molecular complexity index is 520. The molecule has 1 aromatic carbocycles. The molecule has 2 fully saturated rings. The van der Waals surface area contributed by atoms with Crippen molar-refractivity contribution in [1.82, 2.24) is 10.2 Å². The number of amides is 1. The van der Waals surface area contributed by atoms with Crippen LogP contribution < -0.4 is 10.6 Å². The fourth-order valence-electron chi connectivity index (χ4n) is 3.76. The van der Waals surface area contributed by atoms with E-state index in [4.69, 9.17) is 11.6 Å². The second-order valence-corrected chi connectivity index (χ2v) is 6.82. The Morgan fingerprint density at radius 1 is 1.27 bits per heavy atom. The van der Waals surface area contributed by atoms with E-state index in [9.17, 15) is 4.79 Å². The Labute approximate surface area is 137 Å². The summed E-state index contributed by atoms with van der Waals surface area (Å²) in [4.78, 5) is 14.8. The Hall–Kier alpha value is -1.10. The first-order valence-corrected chi connectivity index (χ1v) is 8.58. The van der Waals surface area contributed by atoms with Gasteiger partial charge in [-0.3, -0.25) is 9.69 Å². The molecule has 1 aromatic rings. The van der Waals surface area contributed by atoms with E-state index in [1.165, 1.54) is 32.1 Å². The lowest BCUT2D eigenvalue weighted by molar-refractivity contribution is -0.120. The van der Waals surface area contributed by atoms with Crippen LogP contribution in [-0.2, 0) is 4.79 Å². The van der Waals surface area contributed by atoms with Gasteiger partial charge in [-0.05, 0) is 25.0 Å². The summed E-state index contributed by atoms with van der Waals surface area (Å²) in [5.74, 6) is 0.0277. The molecule has 1 spiro atoms. The summed E-state index contributed by atoms with van der Waals surface area (Å²) >= 11 is 6.11. The molecule has 1 amide bonds. The molecule has 3 rings (SSSR count). The summed E-state index contributed by atoms with van der Waals surface area (Å²) in [6, 6.07) is 7.39. The molecule has 0 radical (unpaired) electrons. The van der Waals surface area contributed by atoms with E-state index in [1.54, 1.807) is 6.07 Å². The van der Waals surface area contributed by atoms with Crippen LogP contribution in [0.1, 0.15) is 32.1 Å². The summed E-state index contributed by atoms with van der Waals surface area (Å²) in [6.07, 6.45) is 6.24. The zero-order valence-corrected chi connectivity index (χ0v) is 13.7. The number of hydrogen-bond donors (Lipinski definition) is 2. The standard InChI is InChI=1S/C17H24ClN3O/c18-14-6-2-3-7-15(14)20-16(22)12-21-11-10-19-13-17(21)8-4-1-5-9-17/h2-3,6-7,19H,1,4-5,8-13H2,(H,20,22). The van der Waals surface area contributed by atoms with Gasteiger partial charge in [0.25, 0.3) is 0 Å². The van der Waals surface area contributed by atoms with Gasteiger partial charge in [0.1, 0.15) is 0 Å². The molecule has 0 bridgehead atoms. The third kappa shape index (κ3) is 3.45. The van der Waals surface area contributed by atoms with Crippen LogP contribution in [0.25, 0.3) is 0 Å². The van der Waals surface area contributed by atoms with Gasteiger partial charge in [-0.15, -0.1) is 0 Å². The minimum Gasteiger partial charge on any atom is -0.324 e. The highest BCUT2D eigenvalue weighted by atomic mass is 35.5. The van der Waals surface area contributed by atoms with Crippen LogP contribution in [0.4, 0.5) is 5.69 Å². The monoisotopic (exact) mass is 321 g/mol. The Kier molecular flexibility index (Phi) is 5.01. The van der Waals surface area contributed by atoms with Crippen molar-refractivity contribution in [2.75, 3.05) is 31.5 Å². The Morgan fingerprint density at radius 3 is 2.82 bits per heavy atom. The molecule has 1 aliphatic carbocycles. The van der Waals surface area contributed by atoms with E-state index in [2.05, 4.69) is 15.5 Å². The highest BCUT2D eigenvalue weighted by molar-refractivity contribution is 6.33. The molecule has 120 valence electrons. The maximum absolute atomic E-state index is 12.4. The van der Waals surface area contributed by atoms with Crippen molar-refractivity contribution in [2.24, 2.45) is 0 Å². The first-order valence-electron chi connectivity index (χ1n) is 8.20. The molecule has 1 aliphatic heterocycles. The molecule has 2 N–H and O–H groups in total. The van der Waals surface area contributed by atoms with E-state index >= 15 is 0 Å². The quantitative estimate of drug-likeness (QED) is 0.899. The average Bonchev–Trinajstić information content (AvgIpc) is 2.53. The number of para-hydroxylation sites is 1. The predicted octanol–water partition coefficient (Wildman–Crippen LogP) is 2.89. The van der Waals surface area contributed by atoms with Crippen LogP contribution in [0.5, 0.6) is 0 Å². The molecule has 0 atom stereocenters. The minimum atomic E-state index is 0.0277. The molecule has 5 heteroatoms. The summed E-state index contributed by atoms with van der Waals surface area (Å²) in [5.41, 5.74) is 0.871. The largest absolute Gasteiger partial charge is 0.324 e. The van der Waals surface area contributed by atoms with Crippen LogP contribution in [0.15, 0.2) is 24.3 Å². The van der Waals surface area contributed by atoms with Gasteiger partial charge in [0.15, 0.2) is 0 Å². The van der Waals surface area contributed by atoms with Crippen molar-refractivity contribution in [1.29, 1.82) is 0 Å². The molecule has 2 aliphatic rings.